The highest BCUT2D eigenvalue weighted by Crippen LogP contribution is 2.17. The fraction of sp³-hybridized carbons (Fsp3) is 0.500. The molecule has 7 heteroatoms. The Balaban J connectivity index is 0.00000242. The molecule has 1 aromatic carbocycles. The number of rotatable bonds is 5. The van der Waals surface area contributed by atoms with E-state index in [0.717, 1.165) is 16.9 Å². The Morgan fingerprint density at radius 3 is 2.52 bits per heavy atom. The summed E-state index contributed by atoms with van der Waals surface area (Å²) in [5.74, 6) is 0.929. The van der Waals surface area contributed by atoms with Crippen LogP contribution in [-0.4, -0.2) is 40.5 Å². The molecule has 0 spiro atoms. The van der Waals surface area contributed by atoms with Crippen LogP contribution in [0.25, 0.3) is 11.0 Å². The van der Waals surface area contributed by atoms with E-state index in [-0.39, 0.29) is 36.1 Å². The lowest BCUT2D eigenvalue weighted by Crippen LogP contribution is -2.41. The molecule has 0 aliphatic heterocycles. The van der Waals surface area contributed by atoms with Crippen LogP contribution < -0.4 is 5.73 Å². The van der Waals surface area contributed by atoms with Crippen molar-refractivity contribution in [2.75, 3.05) is 20.1 Å². The van der Waals surface area contributed by atoms with E-state index in [2.05, 4.69) is 18.8 Å². The summed E-state index contributed by atoms with van der Waals surface area (Å²) < 4.78 is 1.96. The van der Waals surface area contributed by atoms with Crippen LogP contribution in [0, 0.1) is 12.3 Å². The number of hydrogen-bond acceptors (Lipinski definition) is 3. The first-order valence-corrected chi connectivity index (χ1v) is 7.20. The lowest BCUT2D eigenvalue weighted by atomic mass is 9.93. The van der Waals surface area contributed by atoms with Crippen molar-refractivity contribution in [3.63, 3.8) is 0 Å². The van der Waals surface area contributed by atoms with Crippen molar-refractivity contribution in [2.24, 2.45) is 11.1 Å². The summed E-state index contributed by atoms with van der Waals surface area (Å²) in [4.78, 5) is 18.7. The maximum absolute atomic E-state index is 12.4. The topological polar surface area (TPSA) is 64.2 Å². The molecule has 0 unspecified atom stereocenters. The third kappa shape index (κ3) is 5.09. The molecule has 0 saturated heterocycles. The molecule has 0 saturated carbocycles. The second kappa shape index (κ2) is 8.52. The fourth-order valence-electron chi connectivity index (χ4n) is 2.45. The molecule has 1 aromatic heterocycles. The third-order valence-corrected chi connectivity index (χ3v) is 3.78. The lowest BCUT2D eigenvalue weighted by molar-refractivity contribution is -0.131. The van der Waals surface area contributed by atoms with Gasteiger partial charge in [0, 0.05) is 13.6 Å². The standard InChI is InChI=1S/C16H24N4O.2ClH/c1-12-18-13-7-5-6-8-14(13)20(12)9-15(21)19(4)11-16(2,3)10-17;;/h5-8H,9-11,17H2,1-4H3;2*1H. The minimum atomic E-state index is -0.0730. The molecule has 130 valence electrons. The van der Waals surface area contributed by atoms with Crippen molar-refractivity contribution in [1.82, 2.24) is 14.5 Å². The van der Waals surface area contributed by atoms with Crippen LogP contribution in [0.15, 0.2) is 24.3 Å². The number of halogens is 2. The highest BCUT2D eigenvalue weighted by atomic mass is 35.5. The second-order valence-corrected chi connectivity index (χ2v) is 6.35. The van der Waals surface area contributed by atoms with E-state index in [4.69, 9.17) is 5.73 Å². The number of fused-ring (bicyclic) bond motifs is 1. The van der Waals surface area contributed by atoms with Crippen LogP contribution in [0.3, 0.4) is 0 Å². The molecular formula is C16H26Cl2N4O. The minimum absolute atomic E-state index is 0. The molecule has 0 radical (unpaired) electrons. The van der Waals surface area contributed by atoms with Crippen LogP contribution in [0.5, 0.6) is 0 Å². The van der Waals surface area contributed by atoms with Gasteiger partial charge in [-0.2, -0.15) is 0 Å². The van der Waals surface area contributed by atoms with Gasteiger partial charge in [-0.25, -0.2) is 4.98 Å². The van der Waals surface area contributed by atoms with Gasteiger partial charge >= 0.3 is 0 Å². The molecule has 0 aliphatic rings. The van der Waals surface area contributed by atoms with E-state index in [0.29, 0.717) is 19.6 Å². The number of benzene rings is 1. The van der Waals surface area contributed by atoms with Crippen molar-refractivity contribution in [1.29, 1.82) is 0 Å². The Labute approximate surface area is 150 Å². The van der Waals surface area contributed by atoms with Gasteiger partial charge in [-0.05, 0) is 31.0 Å². The predicted molar refractivity (Wildman–Crippen MR) is 99.4 cm³/mol. The largest absolute Gasteiger partial charge is 0.344 e. The zero-order chi connectivity index (χ0) is 15.6. The third-order valence-electron chi connectivity index (χ3n) is 3.78. The molecule has 1 heterocycles. The molecule has 23 heavy (non-hydrogen) atoms. The van der Waals surface area contributed by atoms with Crippen molar-refractivity contribution >= 4 is 41.8 Å². The van der Waals surface area contributed by atoms with E-state index >= 15 is 0 Å². The molecule has 2 aromatic rings. The first-order chi connectivity index (χ1) is 9.84. The zero-order valence-electron chi connectivity index (χ0n) is 14.1. The summed E-state index contributed by atoms with van der Waals surface area (Å²) >= 11 is 0. The lowest BCUT2D eigenvalue weighted by Gasteiger charge is -2.29. The highest BCUT2D eigenvalue weighted by Gasteiger charge is 2.22. The average molecular weight is 361 g/mol. The first kappa shape index (κ1) is 21.7. The molecule has 2 rings (SSSR count). The summed E-state index contributed by atoms with van der Waals surface area (Å²) in [5.41, 5.74) is 7.58. The Kier molecular flexibility index (Phi) is 8.04. The van der Waals surface area contributed by atoms with Crippen molar-refractivity contribution in [3.8, 4) is 0 Å². The average Bonchev–Trinajstić information content (AvgIpc) is 2.75. The van der Waals surface area contributed by atoms with Gasteiger partial charge in [0.2, 0.25) is 5.91 Å². The summed E-state index contributed by atoms with van der Waals surface area (Å²) in [7, 11) is 1.83. The van der Waals surface area contributed by atoms with Gasteiger partial charge < -0.3 is 15.2 Å². The summed E-state index contributed by atoms with van der Waals surface area (Å²) in [5, 5.41) is 0. The fourth-order valence-corrected chi connectivity index (χ4v) is 2.45. The molecule has 0 atom stereocenters. The van der Waals surface area contributed by atoms with E-state index in [9.17, 15) is 4.79 Å². The Bertz CT molecular complexity index is 655. The number of carbonyl (C=O) groups excluding carboxylic acids is 1. The number of para-hydroxylation sites is 2. The quantitative estimate of drug-likeness (QED) is 0.891. The zero-order valence-corrected chi connectivity index (χ0v) is 15.7. The summed E-state index contributed by atoms with van der Waals surface area (Å²) in [6.07, 6.45) is 0. The maximum atomic E-state index is 12.4. The Hall–Kier alpha value is -1.30. The number of aryl methyl sites for hydroxylation is 1. The van der Waals surface area contributed by atoms with Gasteiger partial charge in [-0.3, -0.25) is 4.79 Å². The van der Waals surface area contributed by atoms with Gasteiger partial charge in [0.05, 0.1) is 11.0 Å². The molecule has 5 nitrogen and oxygen atoms in total. The van der Waals surface area contributed by atoms with Gasteiger partial charge in [0.15, 0.2) is 0 Å². The summed E-state index contributed by atoms with van der Waals surface area (Å²) in [6, 6.07) is 7.87. The Morgan fingerprint density at radius 2 is 1.91 bits per heavy atom. The molecule has 0 fully saturated rings. The number of imidazole rings is 1. The number of nitrogens with two attached hydrogens (primary N) is 1. The van der Waals surface area contributed by atoms with Crippen molar-refractivity contribution < 1.29 is 4.79 Å². The van der Waals surface area contributed by atoms with Crippen LogP contribution in [0.2, 0.25) is 0 Å². The van der Waals surface area contributed by atoms with Gasteiger partial charge in [-0.1, -0.05) is 26.0 Å². The van der Waals surface area contributed by atoms with Crippen LogP contribution >= 0.6 is 24.8 Å². The molecule has 0 aliphatic carbocycles. The highest BCUT2D eigenvalue weighted by molar-refractivity contribution is 5.85. The SMILES string of the molecule is Cc1nc2ccccc2n1CC(=O)N(C)CC(C)(C)CN.Cl.Cl. The van der Waals surface area contributed by atoms with Crippen molar-refractivity contribution in [2.45, 2.75) is 27.3 Å². The normalized spacial score (nSPS) is 10.8. The van der Waals surface area contributed by atoms with Crippen LogP contribution in [-0.2, 0) is 11.3 Å². The predicted octanol–water partition coefficient (Wildman–Crippen LogP) is 2.63. The number of nitrogens with zero attached hydrogens (tertiary/aromatic N) is 3. The minimum Gasteiger partial charge on any atom is -0.344 e. The summed E-state index contributed by atoms with van der Waals surface area (Å²) in [6.45, 7) is 7.57. The van der Waals surface area contributed by atoms with E-state index in [1.54, 1.807) is 4.90 Å². The molecule has 2 N–H and O–H groups in total. The van der Waals surface area contributed by atoms with Crippen molar-refractivity contribution in [3.05, 3.63) is 30.1 Å². The van der Waals surface area contributed by atoms with Gasteiger partial charge in [0.1, 0.15) is 12.4 Å². The van der Waals surface area contributed by atoms with Gasteiger partial charge in [0.25, 0.3) is 0 Å². The molecule has 0 bridgehead atoms. The van der Waals surface area contributed by atoms with E-state index in [1.165, 1.54) is 0 Å². The van der Waals surface area contributed by atoms with Crippen LogP contribution in [0.1, 0.15) is 19.7 Å². The number of hydrogen-bond donors (Lipinski definition) is 1. The number of amides is 1. The maximum Gasteiger partial charge on any atom is 0.242 e. The second-order valence-electron chi connectivity index (χ2n) is 6.35. The van der Waals surface area contributed by atoms with E-state index < -0.39 is 0 Å². The number of aromatic nitrogens is 2. The number of likely N-dealkylation sites (N-methyl/N-ethyl adjacent to an activating group) is 1. The van der Waals surface area contributed by atoms with Gasteiger partial charge in [-0.15, -0.1) is 24.8 Å². The van der Waals surface area contributed by atoms with E-state index in [1.807, 2.05) is 42.8 Å². The molecule has 1 amide bonds. The molecular weight excluding hydrogens is 335 g/mol. The number of carbonyl (C=O) groups is 1. The van der Waals surface area contributed by atoms with Crippen LogP contribution in [0.4, 0.5) is 0 Å². The Morgan fingerprint density at radius 1 is 1.30 bits per heavy atom. The monoisotopic (exact) mass is 360 g/mol. The smallest absolute Gasteiger partial charge is 0.242 e. The first-order valence-electron chi connectivity index (χ1n) is 7.20.